The maximum absolute atomic E-state index is 13.0. The SMILES string of the molecule is CSCCCNC(=O)[C@H](Cc1ccccc1)N(C)C(=O)CNC(=O)[C@@H](C)NC(=O)[C@@H](N)Cc1ccc(O)cc1. The number of likely N-dealkylation sites (N-methyl/N-ethyl adjacent to an activating group) is 1. The number of nitrogens with zero attached hydrogens (tertiary/aromatic N) is 1. The summed E-state index contributed by atoms with van der Waals surface area (Å²) >= 11 is 1.70. The molecule has 0 radical (unpaired) electrons. The predicted octanol–water partition coefficient (Wildman–Crippen LogP) is 0.822. The highest BCUT2D eigenvalue weighted by atomic mass is 32.2. The molecule has 0 aliphatic rings. The summed E-state index contributed by atoms with van der Waals surface area (Å²) in [7, 11) is 1.54. The minimum atomic E-state index is -0.929. The first-order valence-electron chi connectivity index (χ1n) is 12.8. The Morgan fingerprint density at radius 1 is 0.923 bits per heavy atom. The van der Waals surface area contributed by atoms with Crippen molar-refractivity contribution in [3.05, 3.63) is 65.7 Å². The first-order chi connectivity index (χ1) is 18.6. The highest BCUT2D eigenvalue weighted by Crippen LogP contribution is 2.11. The summed E-state index contributed by atoms with van der Waals surface area (Å²) in [5, 5.41) is 17.4. The zero-order valence-corrected chi connectivity index (χ0v) is 23.5. The van der Waals surface area contributed by atoms with Gasteiger partial charge in [-0.1, -0.05) is 42.5 Å². The van der Waals surface area contributed by atoms with Crippen molar-refractivity contribution in [2.24, 2.45) is 5.73 Å². The van der Waals surface area contributed by atoms with Gasteiger partial charge in [-0.2, -0.15) is 11.8 Å². The summed E-state index contributed by atoms with van der Waals surface area (Å²) in [5.41, 5.74) is 7.64. The minimum absolute atomic E-state index is 0.112. The van der Waals surface area contributed by atoms with E-state index in [0.717, 1.165) is 23.3 Å². The lowest BCUT2D eigenvalue weighted by atomic mass is 10.0. The number of phenolic OH excluding ortho intramolecular Hbond substituents is 1. The number of rotatable bonds is 15. The normalized spacial score (nSPS) is 13.0. The van der Waals surface area contributed by atoms with Crippen LogP contribution in [0, 0.1) is 0 Å². The van der Waals surface area contributed by atoms with Gasteiger partial charge in [0.1, 0.15) is 17.8 Å². The standard InChI is InChI=1S/C28H39N5O5S/c1-19(32-27(37)23(29)16-21-10-12-22(34)13-11-21)26(36)31-18-25(35)33(2)24(17-20-8-5-4-6-9-20)28(38)30-14-7-15-39-3/h4-6,8-13,19,23-24,34H,7,14-18,29H2,1-3H3,(H,30,38)(H,31,36)(H,32,37)/t19-,23+,24+/m1/s1. The molecular weight excluding hydrogens is 518 g/mol. The summed E-state index contributed by atoms with van der Waals surface area (Å²) in [6.07, 6.45) is 3.38. The molecule has 2 rings (SSSR count). The molecule has 0 aliphatic carbocycles. The first-order valence-corrected chi connectivity index (χ1v) is 14.2. The van der Waals surface area contributed by atoms with E-state index in [0.29, 0.717) is 13.0 Å². The van der Waals surface area contributed by atoms with Crippen LogP contribution in [0.3, 0.4) is 0 Å². The molecular formula is C28H39N5O5S. The topological polar surface area (TPSA) is 154 Å². The minimum Gasteiger partial charge on any atom is -0.508 e. The molecule has 10 nitrogen and oxygen atoms in total. The Bertz CT molecular complexity index is 1080. The average Bonchev–Trinajstić information content (AvgIpc) is 2.93. The largest absolute Gasteiger partial charge is 0.508 e. The average molecular weight is 558 g/mol. The van der Waals surface area contributed by atoms with Crippen LogP contribution in [0.15, 0.2) is 54.6 Å². The molecule has 3 atom stereocenters. The van der Waals surface area contributed by atoms with Crippen LogP contribution < -0.4 is 21.7 Å². The third-order valence-electron chi connectivity index (χ3n) is 6.15. The lowest BCUT2D eigenvalue weighted by Crippen LogP contribution is -2.54. The molecule has 0 fully saturated rings. The van der Waals surface area contributed by atoms with Crippen LogP contribution in [0.1, 0.15) is 24.5 Å². The molecule has 2 aromatic rings. The molecule has 0 heterocycles. The molecule has 39 heavy (non-hydrogen) atoms. The zero-order valence-electron chi connectivity index (χ0n) is 22.7. The van der Waals surface area contributed by atoms with E-state index in [1.54, 1.807) is 23.9 Å². The molecule has 0 aromatic heterocycles. The van der Waals surface area contributed by atoms with Crippen LogP contribution in [0.25, 0.3) is 0 Å². The number of carbonyl (C=O) groups is 4. The Morgan fingerprint density at radius 2 is 1.56 bits per heavy atom. The summed E-state index contributed by atoms with van der Waals surface area (Å²) in [5.74, 6) is -0.740. The number of amides is 4. The number of hydrogen-bond donors (Lipinski definition) is 5. The van der Waals surface area contributed by atoms with Gasteiger partial charge in [0.05, 0.1) is 12.6 Å². The number of benzene rings is 2. The van der Waals surface area contributed by atoms with Crippen molar-refractivity contribution in [2.45, 2.75) is 44.3 Å². The Balaban J connectivity index is 1.90. The van der Waals surface area contributed by atoms with E-state index in [9.17, 15) is 24.3 Å². The maximum atomic E-state index is 13.0. The number of phenols is 1. The summed E-state index contributed by atoms with van der Waals surface area (Å²) in [6, 6.07) is 13.2. The molecule has 0 bridgehead atoms. The lowest BCUT2D eigenvalue weighted by molar-refractivity contribution is -0.139. The second kappa shape index (κ2) is 16.4. The Hall–Kier alpha value is -3.57. The molecule has 0 saturated heterocycles. The van der Waals surface area contributed by atoms with E-state index in [1.165, 1.54) is 31.0 Å². The Kier molecular flexibility index (Phi) is 13.3. The maximum Gasteiger partial charge on any atom is 0.243 e. The van der Waals surface area contributed by atoms with E-state index in [4.69, 9.17) is 5.73 Å². The molecule has 0 unspecified atom stereocenters. The monoisotopic (exact) mass is 557 g/mol. The van der Waals surface area contributed by atoms with Crippen LogP contribution in [0.2, 0.25) is 0 Å². The molecule has 4 amide bonds. The van der Waals surface area contributed by atoms with Crippen LogP contribution >= 0.6 is 11.8 Å². The van der Waals surface area contributed by atoms with Gasteiger partial charge >= 0.3 is 0 Å². The van der Waals surface area contributed by atoms with Gasteiger partial charge in [-0.15, -0.1) is 0 Å². The third-order valence-corrected chi connectivity index (χ3v) is 6.85. The molecule has 0 aliphatic heterocycles. The van der Waals surface area contributed by atoms with Crippen molar-refractivity contribution in [1.29, 1.82) is 0 Å². The third kappa shape index (κ3) is 11.0. The van der Waals surface area contributed by atoms with Gasteiger partial charge < -0.3 is 31.7 Å². The quantitative estimate of drug-likeness (QED) is 0.203. The van der Waals surface area contributed by atoms with Crippen LogP contribution in [-0.4, -0.2) is 83.9 Å². The number of hydrogen-bond acceptors (Lipinski definition) is 7. The van der Waals surface area contributed by atoms with Crippen molar-refractivity contribution in [1.82, 2.24) is 20.9 Å². The number of nitrogens with one attached hydrogen (secondary N) is 3. The van der Waals surface area contributed by atoms with Crippen molar-refractivity contribution in [3.63, 3.8) is 0 Å². The number of nitrogens with two attached hydrogens (primary N) is 1. The van der Waals surface area contributed by atoms with Gasteiger partial charge in [-0.25, -0.2) is 0 Å². The van der Waals surface area contributed by atoms with E-state index in [2.05, 4.69) is 16.0 Å². The highest BCUT2D eigenvalue weighted by molar-refractivity contribution is 7.98. The molecule has 212 valence electrons. The van der Waals surface area contributed by atoms with Gasteiger partial charge in [-0.3, -0.25) is 19.2 Å². The van der Waals surface area contributed by atoms with Gasteiger partial charge in [0.2, 0.25) is 23.6 Å². The van der Waals surface area contributed by atoms with Crippen molar-refractivity contribution < 1.29 is 24.3 Å². The van der Waals surface area contributed by atoms with E-state index >= 15 is 0 Å². The lowest BCUT2D eigenvalue weighted by Gasteiger charge is -2.28. The second-order valence-electron chi connectivity index (χ2n) is 9.27. The summed E-state index contributed by atoms with van der Waals surface area (Å²) < 4.78 is 0. The van der Waals surface area contributed by atoms with Gasteiger partial charge in [0.15, 0.2) is 0 Å². The molecule has 0 saturated carbocycles. The number of aromatic hydroxyl groups is 1. The molecule has 11 heteroatoms. The van der Waals surface area contributed by atoms with Crippen molar-refractivity contribution in [3.8, 4) is 5.75 Å². The predicted molar refractivity (Wildman–Crippen MR) is 153 cm³/mol. The molecule has 6 N–H and O–H groups in total. The second-order valence-corrected chi connectivity index (χ2v) is 10.3. The van der Waals surface area contributed by atoms with Gasteiger partial charge in [0, 0.05) is 20.0 Å². The van der Waals surface area contributed by atoms with Gasteiger partial charge in [0.25, 0.3) is 0 Å². The fourth-order valence-corrected chi connectivity index (χ4v) is 4.20. The first kappa shape index (κ1) is 31.6. The fraction of sp³-hybridized carbons (Fsp3) is 0.429. The summed E-state index contributed by atoms with van der Waals surface area (Å²) in [4.78, 5) is 52.3. The van der Waals surface area contributed by atoms with E-state index < -0.39 is 35.8 Å². The van der Waals surface area contributed by atoms with Crippen molar-refractivity contribution >= 4 is 35.4 Å². The zero-order chi connectivity index (χ0) is 28.8. The van der Waals surface area contributed by atoms with Crippen LogP contribution in [0.4, 0.5) is 0 Å². The fourth-order valence-electron chi connectivity index (χ4n) is 3.77. The Morgan fingerprint density at radius 3 is 2.21 bits per heavy atom. The van der Waals surface area contributed by atoms with E-state index in [1.807, 2.05) is 36.6 Å². The number of thioether (sulfide) groups is 1. The highest BCUT2D eigenvalue weighted by Gasteiger charge is 2.28. The molecule has 0 spiro atoms. The van der Waals surface area contributed by atoms with Gasteiger partial charge in [-0.05, 0) is 55.0 Å². The van der Waals surface area contributed by atoms with Crippen molar-refractivity contribution in [2.75, 3.05) is 32.1 Å². The smallest absolute Gasteiger partial charge is 0.243 e. The van der Waals surface area contributed by atoms with E-state index in [-0.39, 0.29) is 24.6 Å². The van der Waals surface area contributed by atoms with Crippen LogP contribution in [0.5, 0.6) is 5.75 Å². The van der Waals surface area contributed by atoms with Crippen LogP contribution in [-0.2, 0) is 32.0 Å². The Labute approximate surface area is 234 Å². The molecule has 2 aromatic carbocycles. The summed E-state index contributed by atoms with van der Waals surface area (Å²) in [6.45, 7) is 1.67. The number of carbonyl (C=O) groups excluding carboxylic acids is 4.